The Kier molecular flexibility index (Phi) is 6.87. The van der Waals surface area contributed by atoms with Gasteiger partial charge in [-0.25, -0.2) is 4.39 Å². The molecule has 2 aromatic carbocycles. The number of morpholine rings is 1. The van der Waals surface area contributed by atoms with Gasteiger partial charge in [-0.05, 0) is 24.3 Å². The average Bonchev–Trinajstić information content (AvgIpc) is 2.77. The minimum Gasteiger partial charge on any atom is -0.378 e. The van der Waals surface area contributed by atoms with Gasteiger partial charge in [0.2, 0.25) is 0 Å². The number of rotatable bonds is 7. The Hall–Kier alpha value is -3.04. The van der Waals surface area contributed by atoms with Crippen LogP contribution in [0.25, 0.3) is 5.70 Å². The first kappa shape index (κ1) is 22.6. The van der Waals surface area contributed by atoms with Crippen LogP contribution in [0.2, 0.25) is 0 Å². The molecule has 0 aromatic heterocycles. The first-order valence-electron chi connectivity index (χ1n) is 9.55. The van der Waals surface area contributed by atoms with Crippen LogP contribution in [0.4, 0.5) is 23.2 Å². The number of nitrogens with one attached hydrogen (secondary N) is 1. The van der Waals surface area contributed by atoms with Crippen molar-refractivity contribution in [2.24, 2.45) is 0 Å². The predicted molar refractivity (Wildman–Crippen MR) is 110 cm³/mol. The van der Waals surface area contributed by atoms with Crippen LogP contribution in [0.15, 0.2) is 61.4 Å². The number of alkyl halides is 3. The molecule has 0 amide bonds. The zero-order chi connectivity index (χ0) is 22.6. The molecule has 3 rings (SSSR count). The number of ether oxygens (including phenoxy) is 1. The highest BCUT2D eigenvalue weighted by molar-refractivity contribution is 5.61. The van der Waals surface area contributed by atoms with Crippen molar-refractivity contribution in [3.05, 3.63) is 84.0 Å². The molecule has 2 N–H and O–H groups in total. The Balaban J connectivity index is 1.97. The molecule has 31 heavy (non-hydrogen) atoms. The number of hydrogen-bond acceptors (Lipinski definition) is 5. The van der Waals surface area contributed by atoms with E-state index < -0.39 is 17.6 Å². The molecule has 1 heterocycles. The highest BCUT2D eigenvalue weighted by Crippen LogP contribution is 2.33. The maximum atomic E-state index is 14.8. The lowest BCUT2D eigenvalue weighted by Crippen LogP contribution is -2.41. The lowest BCUT2D eigenvalue weighted by molar-refractivity contribution is -0.137. The van der Waals surface area contributed by atoms with Gasteiger partial charge in [-0.1, -0.05) is 31.4 Å². The highest BCUT2D eigenvalue weighted by Gasteiger charge is 2.31. The van der Waals surface area contributed by atoms with Gasteiger partial charge in [-0.3, -0.25) is 10.7 Å². The van der Waals surface area contributed by atoms with Crippen LogP contribution in [0.3, 0.4) is 0 Å². The number of halogens is 4. The van der Waals surface area contributed by atoms with E-state index in [4.69, 9.17) is 9.94 Å². The fraction of sp³-hybridized carbons (Fsp3) is 0.273. The van der Waals surface area contributed by atoms with E-state index in [2.05, 4.69) is 13.2 Å². The number of benzene rings is 2. The van der Waals surface area contributed by atoms with E-state index in [0.717, 1.165) is 12.1 Å². The van der Waals surface area contributed by atoms with Crippen molar-refractivity contribution < 1.29 is 27.5 Å². The molecule has 1 aliphatic heterocycles. The van der Waals surface area contributed by atoms with Gasteiger partial charge in [0, 0.05) is 29.9 Å². The molecule has 0 saturated carbocycles. The van der Waals surface area contributed by atoms with Gasteiger partial charge in [-0.15, -0.1) is 0 Å². The van der Waals surface area contributed by atoms with Crippen molar-refractivity contribution in [1.82, 2.24) is 10.4 Å². The fourth-order valence-electron chi connectivity index (χ4n) is 3.27. The first-order valence-corrected chi connectivity index (χ1v) is 9.55. The molecule has 0 aliphatic carbocycles. The van der Waals surface area contributed by atoms with Crippen molar-refractivity contribution >= 4 is 11.4 Å². The second kappa shape index (κ2) is 9.40. The van der Waals surface area contributed by atoms with Crippen molar-refractivity contribution in [3.63, 3.8) is 0 Å². The minimum atomic E-state index is -4.51. The summed E-state index contributed by atoms with van der Waals surface area (Å²) in [4.78, 5) is 3.45. The van der Waals surface area contributed by atoms with E-state index in [1.54, 1.807) is 11.0 Å². The van der Waals surface area contributed by atoms with Crippen molar-refractivity contribution in [3.8, 4) is 0 Å². The smallest absolute Gasteiger partial charge is 0.378 e. The van der Waals surface area contributed by atoms with Crippen molar-refractivity contribution in [2.75, 3.05) is 31.2 Å². The molecule has 9 heteroatoms. The molecule has 2 aromatic rings. The number of nitrogens with zero attached hydrogens (tertiary/aromatic N) is 2. The first-order chi connectivity index (χ1) is 14.7. The normalized spacial score (nSPS) is 14.3. The van der Waals surface area contributed by atoms with Crippen LogP contribution in [-0.2, 0) is 17.5 Å². The lowest BCUT2D eigenvalue weighted by Gasteiger charge is -2.37. The zero-order valence-corrected chi connectivity index (χ0v) is 16.8. The summed E-state index contributed by atoms with van der Waals surface area (Å²) in [6.45, 7) is 9.58. The van der Waals surface area contributed by atoms with Gasteiger partial charge in [0.15, 0.2) is 0 Å². The Labute approximate surface area is 177 Å². The van der Waals surface area contributed by atoms with Gasteiger partial charge in [0.1, 0.15) is 11.6 Å². The second-order valence-electron chi connectivity index (χ2n) is 7.05. The summed E-state index contributed by atoms with van der Waals surface area (Å²) in [7, 11) is 0. The predicted octanol–water partition coefficient (Wildman–Crippen LogP) is 4.60. The van der Waals surface area contributed by atoms with Crippen LogP contribution in [0, 0.1) is 5.82 Å². The molecule has 1 fully saturated rings. The molecule has 0 bridgehead atoms. The standard InChI is InChI=1S/C22H23F4N3O2/c1-15(27-30)17-6-7-18(21(23)12-17)14-29(16(2)28-8-10-31-11-9-28)20-5-3-4-19(13-20)22(24,25)26/h3-7,12-13,27,30H,1-2,8-11,14H2. The summed E-state index contributed by atoms with van der Waals surface area (Å²) in [6.07, 6.45) is -4.51. The maximum absolute atomic E-state index is 14.8. The highest BCUT2D eigenvalue weighted by atomic mass is 19.4. The third kappa shape index (κ3) is 5.36. The third-order valence-electron chi connectivity index (χ3n) is 5.04. The average molecular weight is 437 g/mol. The molecule has 0 atom stereocenters. The van der Waals surface area contributed by atoms with Crippen molar-refractivity contribution in [1.29, 1.82) is 0 Å². The van der Waals surface area contributed by atoms with E-state index in [0.29, 0.717) is 37.7 Å². The Morgan fingerprint density at radius 2 is 1.84 bits per heavy atom. The van der Waals surface area contributed by atoms with Gasteiger partial charge in [-0.2, -0.15) is 13.2 Å². The molecule has 1 aliphatic rings. The Morgan fingerprint density at radius 1 is 1.13 bits per heavy atom. The molecule has 166 valence electrons. The van der Waals surface area contributed by atoms with E-state index in [1.165, 1.54) is 24.3 Å². The topological polar surface area (TPSA) is 48.0 Å². The van der Waals surface area contributed by atoms with Crippen LogP contribution >= 0.6 is 0 Å². The van der Waals surface area contributed by atoms with E-state index in [1.807, 2.05) is 10.4 Å². The molecule has 0 spiro atoms. The summed E-state index contributed by atoms with van der Waals surface area (Å²) < 4.78 is 59.9. The van der Waals surface area contributed by atoms with Crippen LogP contribution < -0.4 is 10.4 Å². The number of anilines is 1. The molecular formula is C22H23F4N3O2. The summed E-state index contributed by atoms with van der Waals surface area (Å²) in [5.74, 6) is -0.131. The van der Waals surface area contributed by atoms with Crippen LogP contribution in [-0.4, -0.2) is 36.4 Å². The Morgan fingerprint density at radius 3 is 2.45 bits per heavy atom. The number of hydroxylamine groups is 1. The van der Waals surface area contributed by atoms with Crippen LogP contribution in [0.5, 0.6) is 0 Å². The minimum absolute atomic E-state index is 0.0390. The zero-order valence-electron chi connectivity index (χ0n) is 16.8. The molecule has 0 radical (unpaired) electrons. The third-order valence-corrected chi connectivity index (χ3v) is 5.04. The Bertz CT molecular complexity index is 956. The summed E-state index contributed by atoms with van der Waals surface area (Å²) >= 11 is 0. The monoisotopic (exact) mass is 437 g/mol. The molecule has 5 nitrogen and oxygen atoms in total. The van der Waals surface area contributed by atoms with E-state index >= 15 is 0 Å². The van der Waals surface area contributed by atoms with E-state index in [-0.39, 0.29) is 23.5 Å². The molecule has 1 saturated heterocycles. The van der Waals surface area contributed by atoms with Crippen molar-refractivity contribution in [2.45, 2.75) is 12.7 Å². The summed E-state index contributed by atoms with van der Waals surface area (Å²) in [5.41, 5.74) is 2.03. The second-order valence-corrected chi connectivity index (χ2v) is 7.05. The summed E-state index contributed by atoms with van der Waals surface area (Å²) in [5, 5.41) is 8.95. The number of hydrogen-bond donors (Lipinski definition) is 2. The van der Waals surface area contributed by atoms with Gasteiger partial charge < -0.3 is 14.5 Å². The summed E-state index contributed by atoms with van der Waals surface area (Å²) in [6, 6.07) is 9.12. The maximum Gasteiger partial charge on any atom is 0.416 e. The largest absolute Gasteiger partial charge is 0.416 e. The molecular weight excluding hydrogens is 414 g/mol. The van der Waals surface area contributed by atoms with Crippen LogP contribution in [0.1, 0.15) is 16.7 Å². The quantitative estimate of drug-likeness (QED) is 0.490. The van der Waals surface area contributed by atoms with Gasteiger partial charge in [0.05, 0.1) is 31.0 Å². The fourth-order valence-corrected chi connectivity index (χ4v) is 3.27. The van der Waals surface area contributed by atoms with E-state index in [9.17, 15) is 17.6 Å². The van der Waals surface area contributed by atoms with Gasteiger partial charge in [0.25, 0.3) is 0 Å². The lowest BCUT2D eigenvalue weighted by atomic mass is 10.1. The van der Waals surface area contributed by atoms with Gasteiger partial charge >= 0.3 is 6.18 Å². The SMILES string of the molecule is C=C(NO)c1ccc(CN(C(=C)N2CCOCC2)c2cccc(C(F)(F)F)c2)c(F)c1. The molecule has 0 unspecified atom stereocenters.